The average molecular weight is 126 g/mol. The first-order chi connectivity index (χ1) is 4.13. The van der Waals surface area contributed by atoms with E-state index in [0.717, 1.165) is 12.8 Å². The first-order valence-electron chi connectivity index (χ1n) is 3.36. The highest BCUT2D eigenvalue weighted by Crippen LogP contribution is 2.68. The fourth-order valence-electron chi connectivity index (χ4n) is 2.38. The molecule has 1 atom stereocenters. The third kappa shape index (κ3) is 0.406. The van der Waals surface area contributed by atoms with Crippen LogP contribution in [0, 0.1) is 17.3 Å². The van der Waals surface area contributed by atoms with Crippen molar-refractivity contribution < 1.29 is 9.90 Å². The van der Waals surface area contributed by atoms with Crippen molar-refractivity contribution in [2.24, 2.45) is 17.3 Å². The lowest BCUT2D eigenvalue weighted by Crippen LogP contribution is -2.62. The van der Waals surface area contributed by atoms with E-state index < -0.39 is 5.97 Å². The third-order valence-corrected chi connectivity index (χ3v) is 2.95. The van der Waals surface area contributed by atoms with E-state index in [2.05, 4.69) is 6.92 Å². The minimum Gasteiger partial charge on any atom is -0.481 e. The number of carboxylic acid groups (broad SMARTS) is 1. The number of carbonyl (C=O) groups is 1. The number of aliphatic carboxylic acids is 1. The van der Waals surface area contributed by atoms with Crippen molar-refractivity contribution in [1.82, 2.24) is 0 Å². The summed E-state index contributed by atoms with van der Waals surface area (Å²) in [7, 11) is 0. The molecule has 0 amide bonds. The molecule has 3 rings (SSSR count). The van der Waals surface area contributed by atoms with E-state index in [1.54, 1.807) is 0 Å². The van der Waals surface area contributed by atoms with Crippen LogP contribution in [0.3, 0.4) is 0 Å². The van der Waals surface area contributed by atoms with Crippen LogP contribution in [-0.2, 0) is 4.79 Å². The van der Waals surface area contributed by atoms with E-state index in [0.29, 0.717) is 5.92 Å². The molecular formula is C7H10O2. The van der Waals surface area contributed by atoms with Crippen molar-refractivity contribution in [3.05, 3.63) is 0 Å². The van der Waals surface area contributed by atoms with Gasteiger partial charge in [0.1, 0.15) is 0 Å². The first kappa shape index (κ1) is 5.27. The Balaban J connectivity index is 2.12. The van der Waals surface area contributed by atoms with Crippen molar-refractivity contribution in [1.29, 1.82) is 0 Å². The molecular weight excluding hydrogens is 116 g/mol. The lowest BCUT2D eigenvalue weighted by molar-refractivity contribution is -0.203. The smallest absolute Gasteiger partial charge is 0.307 e. The molecule has 2 heteroatoms. The summed E-state index contributed by atoms with van der Waals surface area (Å²) in [5.74, 6) is -0.0370. The maximum Gasteiger partial charge on any atom is 0.307 e. The second-order valence-corrected chi connectivity index (χ2v) is 3.64. The molecule has 0 saturated heterocycles. The van der Waals surface area contributed by atoms with Crippen molar-refractivity contribution in [3.8, 4) is 0 Å². The molecule has 3 saturated carbocycles. The predicted molar refractivity (Wildman–Crippen MR) is 32.0 cm³/mol. The molecule has 50 valence electrons. The van der Waals surface area contributed by atoms with Crippen molar-refractivity contribution in [2.45, 2.75) is 19.8 Å². The van der Waals surface area contributed by atoms with Crippen LogP contribution < -0.4 is 0 Å². The second-order valence-electron chi connectivity index (χ2n) is 3.64. The monoisotopic (exact) mass is 126 g/mol. The zero-order valence-electron chi connectivity index (χ0n) is 5.42. The summed E-state index contributed by atoms with van der Waals surface area (Å²) in [6.07, 6.45) is 2.31. The quantitative estimate of drug-likeness (QED) is 0.571. The Morgan fingerprint density at radius 3 is 2.22 bits per heavy atom. The minimum absolute atomic E-state index is 0.0116. The van der Waals surface area contributed by atoms with Crippen LogP contribution >= 0.6 is 0 Å². The van der Waals surface area contributed by atoms with Crippen LogP contribution in [0.25, 0.3) is 0 Å². The summed E-state index contributed by atoms with van der Waals surface area (Å²) in [5, 5.41) is 8.60. The van der Waals surface area contributed by atoms with Gasteiger partial charge in [-0.05, 0) is 24.2 Å². The van der Waals surface area contributed by atoms with Crippen LogP contribution in [0.1, 0.15) is 19.8 Å². The predicted octanol–water partition coefficient (Wildman–Crippen LogP) is 1.12. The van der Waals surface area contributed by atoms with Gasteiger partial charge < -0.3 is 5.11 Å². The van der Waals surface area contributed by atoms with Crippen LogP contribution in [0.4, 0.5) is 0 Å². The lowest BCUT2D eigenvalue weighted by atomic mass is 9.38. The zero-order chi connectivity index (χ0) is 6.65. The Kier molecular flexibility index (Phi) is 0.675. The maximum atomic E-state index is 10.4. The van der Waals surface area contributed by atoms with Crippen LogP contribution in [0.15, 0.2) is 0 Å². The number of carboxylic acids is 1. The van der Waals surface area contributed by atoms with Crippen LogP contribution in [0.5, 0.6) is 0 Å². The highest BCUT2D eigenvalue weighted by Gasteiger charge is 2.65. The molecule has 0 aromatic carbocycles. The van der Waals surface area contributed by atoms with Crippen molar-refractivity contribution >= 4 is 5.97 Å². The van der Waals surface area contributed by atoms with E-state index in [4.69, 9.17) is 5.11 Å². The topological polar surface area (TPSA) is 37.3 Å². The summed E-state index contributed by atoms with van der Waals surface area (Å²) < 4.78 is 0. The molecule has 0 aromatic rings. The third-order valence-electron chi connectivity index (χ3n) is 2.95. The Labute approximate surface area is 53.9 Å². The van der Waals surface area contributed by atoms with Gasteiger partial charge in [-0.3, -0.25) is 4.79 Å². The molecule has 3 aliphatic carbocycles. The molecule has 0 radical (unpaired) electrons. The number of hydrogen-bond acceptors (Lipinski definition) is 1. The maximum absolute atomic E-state index is 10.4. The Bertz CT molecular complexity index is 168. The molecule has 0 aromatic heterocycles. The molecule has 1 N–H and O–H groups in total. The van der Waals surface area contributed by atoms with E-state index in [1.807, 2.05) is 0 Å². The van der Waals surface area contributed by atoms with Gasteiger partial charge in [-0.1, -0.05) is 6.92 Å². The lowest BCUT2D eigenvalue weighted by Gasteiger charge is -2.64. The fourth-order valence-corrected chi connectivity index (χ4v) is 2.38. The summed E-state index contributed by atoms with van der Waals surface area (Å²) in [6.45, 7) is 2.08. The molecule has 0 spiro atoms. The van der Waals surface area contributed by atoms with E-state index in [9.17, 15) is 4.79 Å². The standard InChI is InChI=1S/C7H10O2/c1-7-2-4(3-7)5(7)6(8)9/h4-5H,2-3H2,1H3,(H,8,9). The van der Waals surface area contributed by atoms with Crippen LogP contribution in [-0.4, -0.2) is 11.1 Å². The summed E-state index contributed by atoms with van der Waals surface area (Å²) in [4.78, 5) is 10.4. The summed E-state index contributed by atoms with van der Waals surface area (Å²) in [6, 6.07) is 0. The Hall–Kier alpha value is -0.530. The van der Waals surface area contributed by atoms with Crippen molar-refractivity contribution in [3.63, 3.8) is 0 Å². The van der Waals surface area contributed by atoms with E-state index in [-0.39, 0.29) is 11.3 Å². The van der Waals surface area contributed by atoms with E-state index >= 15 is 0 Å². The Morgan fingerprint density at radius 2 is 2.22 bits per heavy atom. The summed E-state index contributed by atoms with van der Waals surface area (Å²) in [5.41, 5.74) is 0.205. The molecule has 9 heavy (non-hydrogen) atoms. The molecule has 2 bridgehead atoms. The first-order valence-corrected chi connectivity index (χ1v) is 3.36. The van der Waals surface area contributed by atoms with Gasteiger partial charge in [-0.15, -0.1) is 0 Å². The molecule has 3 aliphatic rings. The number of hydrogen-bond donors (Lipinski definition) is 1. The Morgan fingerprint density at radius 1 is 1.67 bits per heavy atom. The van der Waals surface area contributed by atoms with Gasteiger partial charge in [0, 0.05) is 0 Å². The molecule has 0 heterocycles. The normalized spacial score (nSPS) is 53.4. The largest absolute Gasteiger partial charge is 0.481 e. The van der Waals surface area contributed by atoms with Gasteiger partial charge in [0.2, 0.25) is 0 Å². The van der Waals surface area contributed by atoms with Gasteiger partial charge in [0.05, 0.1) is 5.92 Å². The minimum atomic E-state index is -0.583. The number of rotatable bonds is 1. The van der Waals surface area contributed by atoms with Crippen LogP contribution in [0.2, 0.25) is 0 Å². The highest BCUT2D eigenvalue weighted by atomic mass is 16.4. The van der Waals surface area contributed by atoms with Gasteiger partial charge in [-0.2, -0.15) is 0 Å². The zero-order valence-corrected chi connectivity index (χ0v) is 5.42. The average Bonchev–Trinajstić information content (AvgIpc) is 1.57. The van der Waals surface area contributed by atoms with Crippen molar-refractivity contribution in [2.75, 3.05) is 0 Å². The molecule has 1 unspecified atom stereocenters. The SMILES string of the molecule is CC12CC(C1)C2C(=O)O. The van der Waals surface area contributed by atoms with Gasteiger partial charge in [-0.25, -0.2) is 0 Å². The van der Waals surface area contributed by atoms with Gasteiger partial charge in [0.15, 0.2) is 0 Å². The highest BCUT2D eigenvalue weighted by molar-refractivity contribution is 5.74. The molecule has 2 nitrogen and oxygen atoms in total. The van der Waals surface area contributed by atoms with E-state index in [1.165, 1.54) is 0 Å². The van der Waals surface area contributed by atoms with Gasteiger partial charge in [0.25, 0.3) is 0 Å². The molecule has 3 fully saturated rings. The van der Waals surface area contributed by atoms with Gasteiger partial charge >= 0.3 is 5.97 Å². The fraction of sp³-hybridized carbons (Fsp3) is 0.857. The molecule has 0 aliphatic heterocycles. The summed E-state index contributed by atoms with van der Waals surface area (Å²) >= 11 is 0. The second kappa shape index (κ2) is 1.15.